The quantitative estimate of drug-likeness (QED) is 0.297. The number of hydrogen-bond acceptors (Lipinski definition) is 8. The van der Waals surface area contributed by atoms with E-state index >= 15 is 0 Å². The molecule has 1 aromatic heterocycles. The van der Waals surface area contributed by atoms with Gasteiger partial charge in [-0.1, -0.05) is 5.16 Å². The molecular weight excluding hydrogens is 374 g/mol. The zero-order valence-electron chi connectivity index (χ0n) is 12.2. The first-order valence-corrected chi connectivity index (χ1v) is 8.42. The standard InChI is InChI=1S/C13H16BrN3O4S/c1-3-19-4-5-20-13(18)10(7-15)12(22-2)16-8-9-6-11(14)17-21-9/h6,16H,3-5,8H2,1-2H3/b12-10+. The molecule has 0 saturated carbocycles. The lowest BCUT2D eigenvalue weighted by atomic mass is 10.3. The smallest absolute Gasteiger partial charge is 0.351 e. The van der Waals surface area contributed by atoms with Crippen LogP contribution in [0.4, 0.5) is 0 Å². The maximum absolute atomic E-state index is 11.9. The van der Waals surface area contributed by atoms with Gasteiger partial charge in [-0.2, -0.15) is 5.26 Å². The Balaban J connectivity index is 2.65. The molecule has 0 unspecified atom stereocenters. The van der Waals surface area contributed by atoms with Crippen LogP contribution in [0.25, 0.3) is 0 Å². The summed E-state index contributed by atoms with van der Waals surface area (Å²) in [6.45, 7) is 3.10. The lowest BCUT2D eigenvalue weighted by Gasteiger charge is -2.10. The Labute approximate surface area is 141 Å². The largest absolute Gasteiger partial charge is 0.459 e. The summed E-state index contributed by atoms with van der Waals surface area (Å²) in [5.74, 6) is -0.113. The van der Waals surface area contributed by atoms with Crippen molar-refractivity contribution < 1.29 is 18.8 Å². The molecule has 1 rings (SSSR count). The summed E-state index contributed by atoms with van der Waals surface area (Å²) in [5, 5.41) is 16.2. The first-order valence-electron chi connectivity index (χ1n) is 6.40. The van der Waals surface area contributed by atoms with Gasteiger partial charge in [-0.15, -0.1) is 11.8 Å². The molecule has 1 heterocycles. The number of esters is 1. The van der Waals surface area contributed by atoms with Crippen LogP contribution in [-0.4, -0.2) is 37.2 Å². The van der Waals surface area contributed by atoms with Crippen LogP contribution < -0.4 is 5.32 Å². The normalized spacial score (nSPS) is 11.5. The molecule has 0 saturated heterocycles. The Hall–Kier alpha value is -1.50. The van der Waals surface area contributed by atoms with E-state index in [0.717, 1.165) is 0 Å². The number of ether oxygens (including phenoxy) is 2. The van der Waals surface area contributed by atoms with Crippen LogP contribution in [0, 0.1) is 11.3 Å². The number of rotatable bonds is 9. The van der Waals surface area contributed by atoms with Gasteiger partial charge < -0.3 is 19.3 Å². The van der Waals surface area contributed by atoms with E-state index in [4.69, 9.17) is 19.3 Å². The zero-order chi connectivity index (χ0) is 16.4. The summed E-state index contributed by atoms with van der Waals surface area (Å²) in [5.41, 5.74) is -0.0809. The number of carbonyl (C=O) groups excluding carboxylic acids is 1. The molecule has 7 nitrogen and oxygen atoms in total. The number of nitrogens with zero attached hydrogens (tertiary/aromatic N) is 2. The van der Waals surface area contributed by atoms with Crippen molar-refractivity contribution in [2.75, 3.05) is 26.1 Å². The zero-order valence-corrected chi connectivity index (χ0v) is 14.6. The lowest BCUT2D eigenvalue weighted by molar-refractivity contribution is -0.140. The molecule has 1 aromatic rings. The van der Waals surface area contributed by atoms with Gasteiger partial charge in [0, 0.05) is 12.7 Å². The maximum Gasteiger partial charge on any atom is 0.351 e. The van der Waals surface area contributed by atoms with Gasteiger partial charge in [0.2, 0.25) is 0 Å². The van der Waals surface area contributed by atoms with Crippen LogP contribution >= 0.6 is 27.7 Å². The molecule has 0 spiro atoms. The number of aromatic nitrogens is 1. The third-order valence-electron chi connectivity index (χ3n) is 2.37. The Morgan fingerprint density at radius 1 is 1.59 bits per heavy atom. The van der Waals surface area contributed by atoms with E-state index in [1.807, 2.05) is 13.0 Å². The van der Waals surface area contributed by atoms with Crippen LogP contribution in [0.1, 0.15) is 12.7 Å². The van der Waals surface area contributed by atoms with E-state index in [2.05, 4.69) is 26.4 Å². The molecule has 120 valence electrons. The number of halogens is 1. The summed E-state index contributed by atoms with van der Waals surface area (Å²) in [4.78, 5) is 11.9. The molecule has 0 fully saturated rings. The fourth-order valence-electron chi connectivity index (χ4n) is 1.40. The highest BCUT2D eigenvalue weighted by Gasteiger charge is 2.17. The second-order valence-corrected chi connectivity index (χ2v) is 5.45. The van der Waals surface area contributed by atoms with Crippen LogP contribution in [0.2, 0.25) is 0 Å². The van der Waals surface area contributed by atoms with E-state index in [9.17, 15) is 4.79 Å². The summed E-state index contributed by atoms with van der Waals surface area (Å²) >= 11 is 4.42. The third kappa shape index (κ3) is 6.09. The van der Waals surface area contributed by atoms with Crippen LogP contribution in [0.15, 0.2) is 25.8 Å². The number of nitrogens with one attached hydrogen (secondary N) is 1. The molecule has 0 aliphatic heterocycles. The van der Waals surface area contributed by atoms with Crippen molar-refractivity contribution in [3.05, 3.63) is 27.0 Å². The van der Waals surface area contributed by atoms with Gasteiger partial charge in [-0.3, -0.25) is 0 Å². The molecule has 0 atom stereocenters. The van der Waals surface area contributed by atoms with E-state index in [-0.39, 0.29) is 12.2 Å². The first kappa shape index (κ1) is 18.5. The second kappa shape index (κ2) is 10.3. The van der Waals surface area contributed by atoms with Crippen molar-refractivity contribution in [3.8, 4) is 6.07 Å². The van der Waals surface area contributed by atoms with Gasteiger partial charge in [-0.25, -0.2) is 4.79 Å². The Morgan fingerprint density at radius 2 is 2.36 bits per heavy atom. The van der Waals surface area contributed by atoms with Crippen molar-refractivity contribution in [1.82, 2.24) is 10.5 Å². The fraction of sp³-hybridized carbons (Fsp3) is 0.462. The summed E-state index contributed by atoms with van der Waals surface area (Å²) < 4.78 is 15.7. The minimum absolute atomic E-state index is 0.0809. The fourth-order valence-corrected chi connectivity index (χ4v) is 2.28. The monoisotopic (exact) mass is 389 g/mol. The molecule has 0 amide bonds. The second-order valence-electron chi connectivity index (χ2n) is 3.82. The van der Waals surface area contributed by atoms with E-state index in [1.165, 1.54) is 11.8 Å². The summed E-state index contributed by atoms with van der Waals surface area (Å²) in [7, 11) is 0. The number of hydrogen-bond donors (Lipinski definition) is 1. The van der Waals surface area contributed by atoms with Gasteiger partial charge in [0.05, 0.1) is 18.2 Å². The predicted molar refractivity (Wildman–Crippen MR) is 84.6 cm³/mol. The average molecular weight is 390 g/mol. The summed E-state index contributed by atoms with van der Waals surface area (Å²) in [6, 6.07) is 3.55. The lowest BCUT2D eigenvalue weighted by Crippen LogP contribution is -2.18. The molecule has 1 N–H and O–H groups in total. The van der Waals surface area contributed by atoms with Gasteiger partial charge in [0.15, 0.2) is 11.3 Å². The molecule has 0 bridgehead atoms. The average Bonchev–Trinajstić information content (AvgIpc) is 2.93. The van der Waals surface area contributed by atoms with E-state index < -0.39 is 5.97 Å². The van der Waals surface area contributed by atoms with Gasteiger partial charge in [0.25, 0.3) is 0 Å². The molecule has 0 radical (unpaired) electrons. The SMILES string of the molecule is CCOCCOC(=O)/C(C#N)=C(\NCc1cc(Br)no1)SC. The number of thioether (sulfide) groups is 1. The topological polar surface area (TPSA) is 97.4 Å². The van der Waals surface area contributed by atoms with Crippen molar-refractivity contribution in [2.24, 2.45) is 0 Å². The highest BCUT2D eigenvalue weighted by molar-refractivity contribution is 9.10. The van der Waals surface area contributed by atoms with Gasteiger partial charge in [-0.05, 0) is 29.1 Å². The molecule has 0 aromatic carbocycles. The Morgan fingerprint density at radius 3 is 2.91 bits per heavy atom. The van der Waals surface area contributed by atoms with Crippen LogP contribution in [-0.2, 0) is 20.8 Å². The van der Waals surface area contributed by atoms with Crippen molar-refractivity contribution >= 4 is 33.7 Å². The summed E-state index contributed by atoms with van der Waals surface area (Å²) in [6.07, 6.45) is 1.75. The Bertz CT molecular complexity index is 568. The predicted octanol–water partition coefficient (Wildman–Crippen LogP) is 2.20. The van der Waals surface area contributed by atoms with E-state index in [0.29, 0.717) is 35.2 Å². The Kier molecular flexibility index (Phi) is 8.65. The van der Waals surface area contributed by atoms with Crippen molar-refractivity contribution in [3.63, 3.8) is 0 Å². The van der Waals surface area contributed by atoms with Gasteiger partial charge in [0.1, 0.15) is 17.3 Å². The third-order valence-corrected chi connectivity index (χ3v) is 3.50. The minimum Gasteiger partial charge on any atom is -0.459 e. The van der Waals surface area contributed by atoms with Crippen molar-refractivity contribution in [1.29, 1.82) is 5.26 Å². The molecule has 0 aliphatic carbocycles. The van der Waals surface area contributed by atoms with Crippen LogP contribution in [0.3, 0.4) is 0 Å². The minimum atomic E-state index is -0.683. The first-order chi connectivity index (χ1) is 10.6. The highest BCUT2D eigenvalue weighted by atomic mass is 79.9. The molecule has 0 aliphatic rings. The van der Waals surface area contributed by atoms with Gasteiger partial charge >= 0.3 is 5.97 Å². The van der Waals surface area contributed by atoms with Crippen molar-refractivity contribution in [2.45, 2.75) is 13.5 Å². The van der Waals surface area contributed by atoms with Crippen LogP contribution in [0.5, 0.6) is 0 Å². The number of nitriles is 1. The maximum atomic E-state index is 11.9. The molecule has 9 heteroatoms. The highest BCUT2D eigenvalue weighted by Crippen LogP contribution is 2.17. The molecule has 22 heavy (non-hydrogen) atoms. The molecular formula is C13H16BrN3O4S. The van der Waals surface area contributed by atoms with E-state index in [1.54, 1.807) is 12.3 Å². The number of carbonyl (C=O) groups is 1.